The molecule has 1 amide bonds. The van der Waals surface area contributed by atoms with Gasteiger partial charge in [-0.15, -0.1) is 0 Å². The zero-order valence-electron chi connectivity index (χ0n) is 14.6. The number of rotatable bonds is 5. The summed E-state index contributed by atoms with van der Waals surface area (Å²) in [4.78, 5) is 15.6. The first-order valence-corrected chi connectivity index (χ1v) is 8.90. The fourth-order valence-corrected chi connectivity index (χ4v) is 3.24. The van der Waals surface area contributed by atoms with Gasteiger partial charge in [0.05, 0.1) is 39.0 Å². The van der Waals surface area contributed by atoms with E-state index in [1.807, 2.05) is 18.2 Å². The number of piperazine rings is 1. The molecule has 2 aromatic rings. The largest absolute Gasteiger partial charge is 0.497 e. The molecule has 1 heterocycles. The van der Waals surface area contributed by atoms with Gasteiger partial charge >= 0.3 is 0 Å². The standard InChI is InChI=1S/C19H21ClFN3O2/c1-26-16-4-2-3-15(12-16)24-9-7-23(8-10-24)13-19(25)22-18-6-5-14(20)11-17(18)21/h2-6,11-12H,7-10,13H2,1H3,(H,22,25)/p+1. The van der Waals surface area contributed by atoms with Gasteiger partial charge in [0.2, 0.25) is 0 Å². The second-order valence-corrected chi connectivity index (χ2v) is 6.72. The summed E-state index contributed by atoms with van der Waals surface area (Å²) < 4.78 is 19.0. The van der Waals surface area contributed by atoms with Crippen molar-refractivity contribution in [2.45, 2.75) is 0 Å². The third kappa shape index (κ3) is 4.65. The lowest BCUT2D eigenvalue weighted by molar-refractivity contribution is -0.892. The summed E-state index contributed by atoms with van der Waals surface area (Å²) in [6.45, 7) is 3.70. The summed E-state index contributed by atoms with van der Waals surface area (Å²) in [5.41, 5.74) is 1.28. The summed E-state index contributed by atoms with van der Waals surface area (Å²) in [6, 6.07) is 12.2. The minimum Gasteiger partial charge on any atom is -0.497 e. The van der Waals surface area contributed by atoms with Gasteiger partial charge in [0.25, 0.3) is 5.91 Å². The first-order valence-electron chi connectivity index (χ1n) is 8.52. The number of nitrogens with one attached hydrogen (secondary N) is 2. The zero-order valence-corrected chi connectivity index (χ0v) is 15.4. The predicted molar refractivity (Wildman–Crippen MR) is 101 cm³/mol. The molecule has 26 heavy (non-hydrogen) atoms. The van der Waals surface area contributed by atoms with Crippen molar-refractivity contribution in [2.75, 3.05) is 50.1 Å². The highest BCUT2D eigenvalue weighted by molar-refractivity contribution is 6.30. The van der Waals surface area contributed by atoms with Crippen LogP contribution in [-0.2, 0) is 4.79 Å². The van der Waals surface area contributed by atoms with E-state index in [9.17, 15) is 9.18 Å². The third-order valence-corrected chi connectivity index (χ3v) is 4.74. The Morgan fingerprint density at radius 1 is 1.27 bits per heavy atom. The van der Waals surface area contributed by atoms with E-state index < -0.39 is 5.82 Å². The topological polar surface area (TPSA) is 46.0 Å². The van der Waals surface area contributed by atoms with Crippen molar-refractivity contribution in [2.24, 2.45) is 0 Å². The Balaban J connectivity index is 1.51. The molecule has 0 radical (unpaired) electrons. The molecule has 3 rings (SSSR count). The van der Waals surface area contributed by atoms with Gasteiger partial charge in [-0.25, -0.2) is 4.39 Å². The molecule has 0 aromatic heterocycles. The number of ether oxygens (including phenoxy) is 1. The quantitative estimate of drug-likeness (QED) is 0.834. The van der Waals surface area contributed by atoms with Gasteiger partial charge in [0.15, 0.2) is 6.54 Å². The summed E-state index contributed by atoms with van der Waals surface area (Å²) in [7, 11) is 1.66. The first-order chi connectivity index (χ1) is 12.5. The van der Waals surface area contributed by atoms with Crippen LogP contribution < -0.4 is 19.9 Å². The molecule has 0 atom stereocenters. The molecule has 1 aliphatic heterocycles. The minimum atomic E-state index is -0.524. The Morgan fingerprint density at radius 2 is 2.04 bits per heavy atom. The Hall–Kier alpha value is -2.31. The number of halogens is 2. The highest BCUT2D eigenvalue weighted by Gasteiger charge is 2.23. The van der Waals surface area contributed by atoms with Crippen LogP contribution in [0.25, 0.3) is 0 Å². The van der Waals surface area contributed by atoms with Crippen LogP contribution in [0.4, 0.5) is 15.8 Å². The molecule has 5 nitrogen and oxygen atoms in total. The SMILES string of the molecule is COc1cccc(N2CC[NH+](CC(=O)Nc3ccc(Cl)cc3F)CC2)c1. The van der Waals surface area contributed by atoms with Crippen molar-refractivity contribution in [3.63, 3.8) is 0 Å². The van der Waals surface area contributed by atoms with Crippen molar-refractivity contribution in [1.82, 2.24) is 0 Å². The second-order valence-electron chi connectivity index (χ2n) is 6.29. The maximum atomic E-state index is 13.8. The smallest absolute Gasteiger partial charge is 0.279 e. The van der Waals surface area contributed by atoms with E-state index >= 15 is 0 Å². The molecule has 0 aliphatic carbocycles. The van der Waals surface area contributed by atoms with Crippen LogP contribution in [0.3, 0.4) is 0 Å². The lowest BCUT2D eigenvalue weighted by atomic mass is 10.2. The maximum absolute atomic E-state index is 13.8. The van der Waals surface area contributed by atoms with Gasteiger partial charge in [0, 0.05) is 16.8 Å². The molecule has 2 aromatic carbocycles. The van der Waals surface area contributed by atoms with Gasteiger partial charge in [-0.1, -0.05) is 17.7 Å². The second kappa shape index (κ2) is 8.38. The monoisotopic (exact) mass is 378 g/mol. The molecule has 0 spiro atoms. The number of hydrogen-bond donors (Lipinski definition) is 2. The molecular weight excluding hydrogens is 357 g/mol. The molecule has 1 saturated heterocycles. The van der Waals surface area contributed by atoms with Crippen LogP contribution in [0.2, 0.25) is 5.02 Å². The molecule has 7 heteroatoms. The van der Waals surface area contributed by atoms with Crippen molar-refractivity contribution >= 4 is 28.9 Å². The molecular formula is C19H22ClFN3O2+. The van der Waals surface area contributed by atoms with Crippen LogP contribution in [0.1, 0.15) is 0 Å². The fourth-order valence-electron chi connectivity index (χ4n) is 3.08. The van der Waals surface area contributed by atoms with Gasteiger partial charge < -0.3 is 19.9 Å². The van der Waals surface area contributed by atoms with E-state index in [1.165, 1.54) is 17.0 Å². The van der Waals surface area contributed by atoms with Crippen molar-refractivity contribution in [1.29, 1.82) is 0 Å². The van der Waals surface area contributed by atoms with Crippen LogP contribution in [0, 0.1) is 5.82 Å². The number of hydrogen-bond acceptors (Lipinski definition) is 3. The van der Waals surface area contributed by atoms with Gasteiger partial charge in [-0.3, -0.25) is 4.79 Å². The number of anilines is 2. The average Bonchev–Trinajstić information content (AvgIpc) is 2.65. The van der Waals surface area contributed by atoms with E-state index in [0.29, 0.717) is 11.6 Å². The number of carbonyl (C=O) groups is 1. The van der Waals surface area contributed by atoms with Crippen molar-refractivity contribution < 1.29 is 18.8 Å². The highest BCUT2D eigenvalue weighted by atomic mass is 35.5. The van der Waals surface area contributed by atoms with Crippen LogP contribution in [0.15, 0.2) is 42.5 Å². The van der Waals surface area contributed by atoms with Crippen molar-refractivity contribution in [3.8, 4) is 5.75 Å². The zero-order chi connectivity index (χ0) is 18.5. The Morgan fingerprint density at radius 3 is 2.73 bits per heavy atom. The van der Waals surface area contributed by atoms with E-state index in [2.05, 4.69) is 16.3 Å². The molecule has 1 fully saturated rings. The lowest BCUT2D eigenvalue weighted by Crippen LogP contribution is -3.15. The third-order valence-electron chi connectivity index (χ3n) is 4.50. The summed E-state index contributed by atoms with van der Waals surface area (Å²) >= 11 is 5.72. The predicted octanol–water partition coefficient (Wildman–Crippen LogP) is 1.83. The van der Waals surface area contributed by atoms with E-state index in [0.717, 1.165) is 37.6 Å². The Bertz CT molecular complexity index is 779. The van der Waals surface area contributed by atoms with Crippen LogP contribution in [0.5, 0.6) is 5.75 Å². The minimum absolute atomic E-state index is 0.161. The number of methoxy groups -OCH3 is 1. The number of benzene rings is 2. The van der Waals surface area contributed by atoms with E-state index in [-0.39, 0.29) is 11.6 Å². The average molecular weight is 379 g/mol. The number of nitrogens with zero attached hydrogens (tertiary/aromatic N) is 1. The lowest BCUT2D eigenvalue weighted by Gasteiger charge is -2.33. The maximum Gasteiger partial charge on any atom is 0.279 e. The molecule has 0 bridgehead atoms. The summed E-state index contributed by atoms with van der Waals surface area (Å²) in [5, 5.41) is 2.92. The van der Waals surface area contributed by atoms with E-state index in [1.54, 1.807) is 13.2 Å². The van der Waals surface area contributed by atoms with Crippen molar-refractivity contribution in [3.05, 3.63) is 53.3 Å². The molecule has 0 saturated carbocycles. The van der Waals surface area contributed by atoms with Gasteiger partial charge in [-0.05, 0) is 30.3 Å². The Labute approximate surface area is 157 Å². The first kappa shape index (κ1) is 18.5. The molecule has 138 valence electrons. The fraction of sp³-hybridized carbons (Fsp3) is 0.316. The normalized spacial score (nSPS) is 15.0. The van der Waals surface area contributed by atoms with E-state index in [4.69, 9.17) is 16.3 Å². The Kier molecular flexibility index (Phi) is 5.96. The van der Waals surface area contributed by atoms with Gasteiger partial charge in [-0.2, -0.15) is 0 Å². The molecule has 0 unspecified atom stereocenters. The summed E-state index contributed by atoms with van der Waals surface area (Å²) in [5.74, 6) is 0.112. The number of amides is 1. The highest BCUT2D eigenvalue weighted by Crippen LogP contribution is 2.21. The molecule has 1 aliphatic rings. The van der Waals surface area contributed by atoms with Crippen LogP contribution >= 0.6 is 11.6 Å². The summed E-state index contributed by atoms with van der Waals surface area (Å²) in [6.07, 6.45) is 0. The van der Waals surface area contributed by atoms with Gasteiger partial charge in [0.1, 0.15) is 11.6 Å². The van der Waals surface area contributed by atoms with Crippen LogP contribution in [-0.4, -0.2) is 45.7 Å². The molecule has 2 N–H and O–H groups in total. The number of carbonyl (C=O) groups excluding carboxylic acids is 1. The number of quaternary nitrogens is 1.